The highest BCUT2D eigenvalue weighted by molar-refractivity contribution is 6.30. The first-order valence-corrected chi connectivity index (χ1v) is 8.38. The predicted molar refractivity (Wildman–Crippen MR) is 101 cm³/mol. The molecule has 0 spiro atoms. The molecule has 1 aromatic carbocycles. The summed E-state index contributed by atoms with van der Waals surface area (Å²) < 4.78 is 1.66. The summed E-state index contributed by atoms with van der Waals surface area (Å²) in [5, 5.41) is 21.6. The minimum absolute atomic E-state index is 0.301. The van der Waals surface area contributed by atoms with Crippen LogP contribution in [0.3, 0.4) is 0 Å². The van der Waals surface area contributed by atoms with Gasteiger partial charge in [-0.2, -0.15) is 5.10 Å². The van der Waals surface area contributed by atoms with E-state index < -0.39 is 0 Å². The standard InChI is InChI=1S/C17H18ClN7O/c1-12-7-10-25(24-12)16-6-5-15(22-23-16)19-8-9-20-17(26)21-14-4-2-3-13(18)11-14/h2-7,10-11H,8-9H2,1H3,(H,19,22)(H2,20,21,26). The third kappa shape index (κ3) is 4.93. The molecule has 26 heavy (non-hydrogen) atoms. The molecule has 2 heterocycles. The number of amides is 2. The molecule has 2 aromatic heterocycles. The number of rotatable bonds is 6. The van der Waals surface area contributed by atoms with Crippen molar-refractivity contribution < 1.29 is 4.79 Å². The Kier molecular flexibility index (Phi) is 5.65. The van der Waals surface area contributed by atoms with Crippen LogP contribution in [0, 0.1) is 6.92 Å². The second-order valence-electron chi connectivity index (χ2n) is 5.50. The van der Waals surface area contributed by atoms with Gasteiger partial charge in [-0.05, 0) is 43.3 Å². The summed E-state index contributed by atoms with van der Waals surface area (Å²) in [6, 6.07) is 12.2. The molecule has 0 bridgehead atoms. The van der Waals surface area contributed by atoms with Gasteiger partial charge in [0.1, 0.15) is 5.82 Å². The van der Waals surface area contributed by atoms with Crippen molar-refractivity contribution in [3.05, 3.63) is 59.4 Å². The highest BCUT2D eigenvalue weighted by Crippen LogP contribution is 2.14. The Bertz CT molecular complexity index is 879. The lowest BCUT2D eigenvalue weighted by Gasteiger charge is -2.09. The van der Waals surface area contributed by atoms with E-state index in [-0.39, 0.29) is 6.03 Å². The maximum atomic E-state index is 11.8. The number of anilines is 2. The fourth-order valence-corrected chi connectivity index (χ4v) is 2.38. The first-order chi connectivity index (χ1) is 12.6. The number of nitrogens with one attached hydrogen (secondary N) is 3. The molecule has 0 radical (unpaired) electrons. The van der Waals surface area contributed by atoms with Gasteiger partial charge in [-0.3, -0.25) is 0 Å². The number of nitrogens with zero attached hydrogens (tertiary/aromatic N) is 4. The molecule has 0 aliphatic rings. The van der Waals surface area contributed by atoms with E-state index in [1.165, 1.54) is 0 Å². The minimum atomic E-state index is -0.301. The summed E-state index contributed by atoms with van der Waals surface area (Å²) in [6.45, 7) is 2.85. The van der Waals surface area contributed by atoms with E-state index in [4.69, 9.17) is 11.6 Å². The van der Waals surface area contributed by atoms with E-state index in [9.17, 15) is 4.79 Å². The molecule has 2 amide bonds. The number of carbonyl (C=O) groups excluding carboxylic acids is 1. The average molecular weight is 372 g/mol. The van der Waals surface area contributed by atoms with Gasteiger partial charge in [0.05, 0.1) is 5.69 Å². The van der Waals surface area contributed by atoms with Gasteiger partial charge in [-0.15, -0.1) is 10.2 Å². The van der Waals surface area contributed by atoms with E-state index in [0.717, 1.165) is 5.69 Å². The van der Waals surface area contributed by atoms with Crippen molar-refractivity contribution >= 4 is 29.1 Å². The zero-order chi connectivity index (χ0) is 18.4. The quantitative estimate of drug-likeness (QED) is 0.579. The van der Waals surface area contributed by atoms with Gasteiger partial charge < -0.3 is 16.0 Å². The third-order valence-electron chi connectivity index (χ3n) is 3.41. The van der Waals surface area contributed by atoms with Crippen LogP contribution in [0.25, 0.3) is 5.82 Å². The van der Waals surface area contributed by atoms with Crippen molar-refractivity contribution in [2.24, 2.45) is 0 Å². The van der Waals surface area contributed by atoms with E-state index in [1.54, 1.807) is 28.9 Å². The number of carbonyl (C=O) groups is 1. The Hall–Kier alpha value is -3.13. The fraction of sp³-hybridized carbons (Fsp3) is 0.176. The molecule has 0 saturated heterocycles. The van der Waals surface area contributed by atoms with Crippen LogP contribution in [-0.4, -0.2) is 39.1 Å². The zero-order valence-corrected chi connectivity index (χ0v) is 14.9. The zero-order valence-electron chi connectivity index (χ0n) is 14.1. The van der Waals surface area contributed by atoms with Gasteiger partial charge >= 0.3 is 6.03 Å². The predicted octanol–water partition coefficient (Wildman–Crippen LogP) is 2.86. The topological polar surface area (TPSA) is 96.8 Å². The minimum Gasteiger partial charge on any atom is -0.367 e. The van der Waals surface area contributed by atoms with Crippen LogP contribution < -0.4 is 16.0 Å². The molecule has 0 atom stereocenters. The summed E-state index contributed by atoms with van der Waals surface area (Å²) in [5.74, 6) is 1.26. The molecule has 0 fully saturated rings. The number of urea groups is 1. The van der Waals surface area contributed by atoms with Crippen LogP contribution in [0.1, 0.15) is 5.69 Å². The molecular weight excluding hydrogens is 354 g/mol. The Morgan fingerprint density at radius 2 is 2.04 bits per heavy atom. The number of halogens is 1. The summed E-state index contributed by atoms with van der Waals surface area (Å²) in [6.07, 6.45) is 1.83. The molecule has 0 aliphatic heterocycles. The molecule has 134 valence electrons. The van der Waals surface area contributed by atoms with Gasteiger partial charge in [0.15, 0.2) is 5.82 Å². The Labute approximate surface area is 155 Å². The second-order valence-corrected chi connectivity index (χ2v) is 5.93. The first kappa shape index (κ1) is 17.7. The number of aromatic nitrogens is 4. The second kappa shape index (κ2) is 8.30. The molecule has 9 heteroatoms. The molecule has 3 N–H and O–H groups in total. The van der Waals surface area contributed by atoms with Crippen molar-refractivity contribution in [2.45, 2.75) is 6.92 Å². The first-order valence-electron chi connectivity index (χ1n) is 8.01. The molecule has 0 aliphatic carbocycles. The molecular formula is C17H18ClN7O. The lowest BCUT2D eigenvalue weighted by Crippen LogP contribution is -2.32. The van der Waals surface area contributed by atoms with Gasteiger partial charge in [-0.1, -0.05) is 17.7 Å². The highest BCUT2D eigenvalue weighted by Gasteiger charge is 2.03. The van der Waals surface area contributed by atoms with E-state index >= 15 is 0 Å². The number of benzene rings is 1. The molecule has 3 rings (SSSR count). The van der Waals surface area contributed by atoms with Gasteiger partial charge in [0.25, 0.3) is 0 Å². The van der Waals surface area contributed by atoms with Crippen molar-refractivity contribution in [1.82, 2.24) is 25.3 Å². The Balaban J connectivity index is 1.41. The number of aryl methyl sites for hydroxylation is 1. The molecule has 3 aromatic rings. The Morgan fingerprint density at radius 1 is 1.15 bits per heavy atom. The van der Waals surface area contributed by atoms with Crippen molar-refractivity contribution in [3.8, 4) is 5.82 Å². The normalized spacial score (nSPS) is 10.4. The maximum Gasteiger partial charge on any atom is 0.319 e. The van der Waals surface area contributed by atoms with Crippen molar-refractivity contribution in [1.29, 1.82) is 0 Å². The summed E-state index contributed by atoms with van der Waals surface area (Å²) >= 11 is 5.87. The molecule has 8 nitrogen and oxygen atoms in total. The smallest absolute Gasteiger partial charge is 0.319 e. The van der Waals surface area contributed by atoms with Crippen molar-refractivity contribution in [2.75, 3.05) is 23.7 Å². The van der Waals surface area contributed by atoms with Gasteiger partial charge in [-0.25, -0.2) is 9.48 Å². The van der Waals surface area contributed by atoms with E-state index in [1.807, 2.05) is 31.3 Å². The average Bonchev–Trinajstić information content (AvgIpc) is 3.06. The van der Waals surface area contributed by atoms with Crippen molar-refractivity contribution in [3.63, 3.8) is 0 Å². The van der Waals surface area contributed by atoms with Crippen LogP contribution >= 0.6 is 11.6 Å². The fourth-order valence-electron chi connectivity index (χ4n) is 2.19. The van der Waals surface area contributed by atoms with Crippen LogP contribution in [0.2, 0.25) is 5.02 Å². The van der Waals surface area contributed by atoms with Gasteiger partial charge in [0, 0.05) is 30.0 Å². The summed E-state index contributed by atoms with van der Waals surface area (Å²) in [7, 11) is 0. The SMILES string of the molecule is Cc1ccn(-c2ccc(NCCNC(=O)Nc3cccc(Cl)c3)nn2)n1. The number of hydrogen-bond acceptors (Lipinski definition) is 5. The van der Waals surface area contributed by atoms with E-state index in [2.05, 4.69) is 31.2 Å². The highest BCUT2D eigenvalue weighted by atomic mass is 35.5. The lowest BCUT2D eigenvalue weighted by molar-refractivity contribution is 0.252. The lowest BCUT2D eigenvalue weighted by atomic mass is 10.3. The van der Waals surface area contributed by atoms with Crippen LogP contribution in [0.5, 0.6) is 0 Å². The molecule has 0 unspecified atom stereocenters. The number of hydrogen-bond donors (Lipinski definition) is 3. The summed E-state index contributed by atoms with van der Waals surface area (Å²) in [4.78, 5) is 11.8. The van der Waals surface area contributed by atoms with Crippen LogP contribution in [0.15, 0.2) is 48.7 Å². The van der Waals surface area contributed by atoms with Crippen LogP contribution in [-0.2, 0) is 0 Å². The summed E-state index contributed by atoms with van der Waals surface area (Å²) in [5.41, 5.74) is 1.55. The largest absolute Gasteiger partial charge is 0.367 e. The molecule has 0 saturated carbocycles. The van der Waals surface area contributed by atoms with E-state index in [0.29, 0.717) is 35.4 Å². The monoisotopic (exact) mass is 371 g/mol. The van der Waals surface area contributed by atoms with Crippen LogP contribution in [0.4, 0.5) is 16.3 Å². The third-order valence-corrected chi connectivity index (χ3v) is 3.64. The maximum absolute atomic E-state index is 11.8. The Morgan fingerprint density at radius 3 is 2.73 bits per heavy atom. The van der Waals surface area contributed by atoms with Gasteiger partial charge in [0.2, 0.25) is 0 Å².